The minimum absolute atomic E-state index is 0. The monoisotopic (exact) mass is 198 g/mol. The van der Waals surface area contributed by atoms with E-state index in [1.165, 1.54) is 11.5 Å². The second-order valence-corrected chi connectivity index (χ2v) is 3.24. The summed E-state index contributed by atoms with van der Waals surface area (Å²) in [6, 6.07) is 1.94. The van der Waals surface area contributed by atoms with Gasteiger partial charge in [0.05, 0.1) is 4.21 Å². The SMILES string of the molecule is N#Cc1c(S)nsc1S.[NaH]. The molecule has 0 amide bonds. The fraction of sp³-hybridized carbons (Fsp3) is 0. The zero-order chi connectivity index (χ0) is 6.85. The molecule has 2 nitrogen and oxygen atoms in total. The molecule has 0 saturated heterocycles. The van der Waals surface area contributed by atoms with E-state index < -0.39 is 0 Å². The molecule has 0 radical (unpaired) electrons. The van der Waals surface area contributed by atoms with Crippen molar-refractivity contribution in [1.82, 2.24) is 4.37 Å². The van der Waals surface area contributed by atoms with Crippen LogP contribution in [0.4, 0.5) is 0 Å². The summed E-state index contributed by atoms with van der Waals surface area (Å²) in [5, 5.41) is 8.87. The van der Waals surface area contributed by atoms with Gasteiger partial charge in [0.15, 0.2) is 0 Å². The van der Waals surface area contributed by atoms with Crippen molar-refractivity contribution in [1.29, 1.82) is 5.26 Å². The van der Waals surface area contributed by atoms with E-state index in [1.54, 1.807) is 0 Å². The fourth-order valence-electron chi connectivity index (χ4n) is 0.371. The summed E-state index contributed by atoms with van der Waals surface area (Å²) in [5.41, 5.74) is 0.465. The van der Waals surface area contributed by atoms with E-state index in [0.717, 1.165) is 0 Å². The van der Waals surface area contributed by atoms with Gasteiger partial charge in [0.2, 0.25) is 0 Å². The third kappa shape index (κ3) is 2.16. The van der Waals surface area contributed by atoms with Gasteiger partial charge in [0, 0.05) is 0 Å². The number of rotatable bonds is 0. The van der Waals surface area contributed by atoms with Gasteiger partial charge in [-0.3, -0.25) is 0 Å². The predicted molar refractivity (Wildman–Crippen MR) is 48.5 cm³/mol. The predicted octanol–water partition coefficient (Wildman–Crippen LogP) is 0.944. The molecule has 0 spiro atoms. The van der Waals surface area contributed by atoms with Crippen LogP contribution in [-0.4, -0.2) is 33.9 Å². The average molecular weight is 198 g/mol. The maximum atomic E-state index is 8.41. The van der Waals surface area contributed by atoms with E-state index in [0.29, 0.717) is 14.8 Å². The van der Waals surface area contributed by atoms with Crippen LogP contribution in [0.2, 0.25) is 0 Å². The van der Waals surface area contributed by atoms with E-state index in [9.17, 15) is 0 Å². The molecule has 1 aromatic rings. The second-order valence-electron chi connectivity index (χ2n) is 1.30. The molecule has 10 heavy (non-hydrogen) atoms. The van der Waals surface area contributed by atoms with Crippen molar-refractivity contribution < 1.29 is 0 Å². The van der Waals surface area contributed by atoms with Gasteiger partial charge in [-0.15, -0.1) is 25.3 Å². The quantitative estimate of drug-likeness (QED) is 0.481. The third-order valence-electron chi connectivity index (χ3n) is 0.768. The standard InChI is InChI=1S/C4H2N2S3.Na.H/c5-1-2-3(7)6-9-4(2)8;;/h8H,(H,6,7);;. The van der Waals surface area contributed by atoms with Gasteiger partial charge in [-0.05, 0) is 11.5 Å². The Morgan fingerprint density at radius 1 is 1.50 bits per heavy atom. The van der Waals surface area contributed by atoms with Crippen LogP contribution in [0.1, 0.15) is 5.56 Å². The zero-order valence-electron chi connectivity index (χ0n) is 4.20. The van der Waals surface area contributed by atoms with E-state index in [-0.39, 0.29) is 29.6 Å². The summed E-state index contributed by atoms with van der Waals surface area (Å²) < 4.78 is 4.42. The fourth-order valence-corrected chi connectivity index (χ4v) is 1.60. The molecule has 0 aromatic carbocycles. The van der Waals surface area contributed by atoms with Gasteiger partial charge in [-0.2, -0.15) is 9.64 Å². The Balaban J connectivity index is 0.000000810. The molecule has 0 bridgehead atoms. The van der Waals surface area contributed by atoms with Crippen molar-refractivity contribution in [2.45, 2.75) is 9.24 Å². The van der Waals surface area contributed by atoms with Crippen LogP contribution in [-0.2, 0) is 0 Å². The summed E-state index contributed by atoms with van der Waals surface area (Å²) in [4.78, 5) is 0. The van der Waals surface area contributed by atoms with Gasteiger partial charge < -0.3 is 0 Å². The molecule has 1 heterocycles. The maximum absolute atomic E-state index is 8.41. The second kappa shape index (κ2) is 4.65. The van der Waals surface area contributed by atoms with Crippen molar-refractivity contribution in [3.05, 3.63) is 5.56 Å². The first-order valence-corrected chi connectivity index (χ1v) is 3.70. The number of aromatic nitrogens is 1. The Hall–Kier alpha value is 0.820. The van der Waals surface area contributed by atoms with Crippen molar-refractivity contribution in [3.63, 3.8) is 0 Å². The Labute approximate surface area is 95.9 Å². The summed E-state index contributed by atoms with van der Waals surface area (Å²) in [5.74, 6) is 0. The summed E-state index contributed by atoms with van der Waals surface area (Å²) in [6.07, 6.45) is 0. The van der Waals surface area contributed by atoms with Crippen LogP contribution in [0.3, 0.4) is 0 Å². The van der Waals surface area contributed by atoms with Crippen molar-refractivity contribution >= 4 is 66.3 Å². The molecule has 0 aliphatic rings. The molecule has 0 atom stereocenters. The van der Waals surface area contributed by atoms with Crippen LogP contribution in [0.15, 0.2) is 9.24 Å². The average Bonchev–Trinajstić information content (AvgIpc) is 2.12. The number of thiol groups is 2. The zero-order valence-corrected chi connectivity index (χ0v) is 6.80. The first kappa shape index (κ1) is 10.8. The van der Waals surface area contributed by atoms with Gasteiger partial charge in [-0.1, -0.05) is 0 Å². The van der Waals surface area contributed by atoms with Crippen LogP contribution in [0, 0.1) is 11.3 Å². The Kier molecular flexibility index (Phi) is 5.03. The Bertz CT molecular complexity index is 244. The summed E-state index contributed by atoms with van der Waals surface area (Å²) in [7, 11) is 0. The Morgan fingerprint density at radius 3 is 2.30 bits per heavy atom. The molecular formula is C4H3N2NaS3. The van der Waals surface area contributed by atoms with Crippen LogP contribution < -0.4 is 0 Å². The van der Waals surface area contributed by atoms with Gasteiger partial charge >= 0.3 is 29.6 Å². The van der Waals surface area contributed by atoms with Crippen molar-refractivity contribution in [3.8, 4) is 6.07 Å². The van der Waals surface area contributed by atoms with Gasteiger partial charge in [0.25, 0.3) is 0 Å². The third-order valence-corrected chi connectivity index (χ3v) is 2.35. The van der Waals surface area contributed by atoms with E-state index in [2.05, 4.69) is 29.6 Å². The van der Waals surface area contributed by atoms with Gasteiger partial charge in [0.1, 0.15) is 16.7 Å². The number of nitrogens with zero attached hydrogens (tertiary/aromatic N) is 2. The van der Waals surface area contributed by atoms with Crippen molar-refractivity contribution in [2.24, 2.45) is 0 Å². The molecule has 0 unspecified atom stereocenters. The van der Waals surface area contributed by atoms with E-state index >= 15 is 0 Å². The molecule has 0 aliphatic carbocycles. The topological polar surface area (TPSA) is 36.7 Å². The van der Waals surface area contributed by atoms with E-state index in [1.807, 2.05) is 6.07 Å². The van der Waals surface area contributed by atoms with Crippen LogP contribution in [0.5, 0.6) is 0 Å². The van der Waals surface area contributed by atoms with Crippen LogP contribution in [0.25, 0.3) is 0 Å². The van der Waals surface area contributed by atoms with Crippen molar-refractivity contribution in [2.75, 3.05) is 0 Å². The number of nitriles is 1. The van der Waals surface area contributed by atoms with Crippen LogP contribution >= 0.6 is 36.8 Å². The molecule has 1 rings (SSSR count). The van der Waals surface area contributed by atoms with E-state index in [4.69, 9.17) is 5.26 Å². The minimum atomic E-state index is 0. The molecule has 0 saturated carbocycles. The molecule has 0 N–H and O–H groups in total. The number of hydrogen-bond donors (Lipinski definition) is 2. The molecule has 0 aliphatic heterocycles. The summed E-state index contributed by atoms with van der Waals surface area (Å²) >= 11 is 9.08. The Morgan fingerprint density at radius 2 is 2.10 bits per heavy atom. The normalized spacial score (nSPS) is 8.10. The molecule has 0 fully saturated rings. The van der Waals surface area contributed by atoms with Gasteiger partial charge in [-0.25, -0.2) is 0 Å². The number of hydrogen-bond acceptors (Lipinski definition) is 5. The molecule has 1 aromatic heterocycles. The molecule has 6 heteroatoms. The molecule has 48 valence electrons. The first-order valence-electron chi connectivity index (χ1n) is 2.03. The summed E-state index contributed by atoms with van der Waals surface area (Å²) in [6.45, 7) is 0. The first-order chi connectivity index (χ1) is 4.25. The molecular weight excluding hydrogens is 195 g/mol.